The molecule has 0 radical (unpaired) electrons. The Labute approximate surface area is 117 Å². The van der Waals surface area contributed by atoms with Crippen molar-refractivity contribution in [2.24, 2.45) is 0 Å². The molecule has 1 nitrogen and oxygen atoms in total. The molecule has 1 unspecified atom stereocenters. The largest absolute Gasteiger partial charge is 0.298 e. The summed E-state index contributed by atoms with van der Waals surface area (Å²) in [6, 6.07) is 2.50. The normalized spacial score (nSPS) is 19.8. The first-order valence-corrected chi connectivity index (χ1v) is 7.70. The van der Waals surface area contributed by atoms with E-state index in [2.05, 4.69) is 15.9 Å². The zero-order valence-electron chi connectivity index (χ0n) is 9.72. The van der Waals surface area contributed by atoms with Crippen molar-refractivity contribution in [2.45, 2.75) is 30.9 Å². The number of carbonyl (C=O) groups is 1. The molecule has 0 saturated carbocycles. The van der Waals surface area contributed by atoms with Crippen LogP contribution in [0.4, 0.5) is 8.78 Å². The van der Waals surface area contributed by atoms with E-state index in [1.54, 1.807) is 11.8 Å². The molecule has 1 aromatic rings. The fourth-order valence-electron chi connectivity index (χ4n) is 2.01. The van der Waals surface area contributed by atoms with E-state index in [1.165, 1.54) is 12.1 Å². The van der Waals surface area contributed by atoms with Crippen LogP contribution in [0.25, 0.3) is 0 Å². The van der Waals surface area contributed by atoms with Crippen LogP contribution < -0.4 is 0 Å². The van der Waals surface area contributed by atoms with Gasteiger partial charge in [0.15, 0.2) is 0 Å². The lowest BCUT2D eigenvalue weighted by atomic mass is 10.0. The van der Waals surface area contributed by atoms with Gasteiger partial charge in [0.05, 0.1) is 9.72 Å². The van der Waals surface area contributed by atoms with Crippen molar-refractivity contribution in [1.82, 2.24) is 0 Å². The third kappa shape index (κ3) is 3.12. The summed E-state index contributed by atoms with van der Waals surface area (Å²) >= 11 is 4.61. The van der Waals surface area contributed by atoms with Gasteiger partial charge in [-0.15, -0.1) is 0 Å². The summed E-state index contributed by atoms with van der Waals surface area (Å²) in [5.74, 6) is -0.426. The first-order valence-electron chi connectivity index (χ1n) is 5.86. The van der Waals surface area contributed by atoms with E-state index in [-0.39, 0.29) is 27.5 Å². The summed E-state index contributed by atoms with van der Waals surface area (Å²) in [7, 11) is 0. The molecule has 18 heavy (non-hydrogen) atoms. The third-order valence-corrected chi connectivity index (χ3v) is 5.07. The molecule has 0 aromatic heterocycles. The number of hydrogen-bond acceptors (Lipinski definition) is 2. The summed E-state index contributed by atoms with van der Waals surface area (Å²) in [4.78, 5) is 12.0. The van der Waals surface area contributed by atoms with Gasteiger partial charge in [0.25, 0.3) is 0 Å². The predicted molar refractivity (Wildman–Crippen MR) is 72.9 cm³/mol. The standard InChI is InChI=1S/C13H13BrF2OS/c14-9-4-5-10(15)8(13(9)16)7-11(17)12-3-1-2-6-18-12/h4-5,12H,1-3,6-7H2. The molecular weight excluding hydrogens is 322 g/mol. The monoisotopic (exact) mass is 334 g/mol. The maximum Gasteiger partial charge on any atom is 0.150 e. The maximum absolute atomic E-state index is 13.7. The average molecular weight is 335 g/mol. The van der Waals surface area contributed by atoms with Gasteiger partial charge in [-0.25, -0.2) is 8.78 Å². The van der Waals surface area contributed by atoms with Crippen LogP contribution in [-0.4, -0.2) is 16.8 Å². The highest BCUT2D eigenvalue weighted by Gasteiger charge is 2.24. The van der Waals surface area contributed by atoms with E-state index in [4.69, 9.17) is 0 Å². The molecule has 0 aliphatic carbocycles. The highest BCUT2D eigenvalue weighted by atomic mass is 79.9. The van der Waals surface area contributed by atoms with Crippen molar-refractivity contribution >= 4 is 33.5 Å². The average Bonchev–Trinajstić information content (AvgIpc) is 2.40. The predicted octanol–water partition coefficient (Wildman–Crippen LogP) is 4.12. The van der Waals surface area contributed by atoms with Crippen molar-refractivity contribution in [2.75, 3.05) is 5.75 Å². The van der Waals surface area contributed by atoms with Gasteiger partial charge in [-0.05, 0) is 46.7 Å². The van der Waals surface area contributed by atoms with Crippen LogP contribution in [0.3, 0.4) is 0 Å². The molecule has 1 aromatic carbocycles. The van der Waals surface area contributed by atoms with Crippen molar-refractivity contribution < 1.29 is 13.6 Å². The zero-order chi connectivity index (χ0) is 13.1. The van der Waals surface area contributed by atoms with Crippen molar-refractivity contribution in [3.05, 3.63) is 33.8 Å². The van der Waals surface area contributed by atoms with E-state index in [9.17, 15) is 13.6 Å². The molecule has 1 atom stereocenters. The number of thioether (sulfide) groups is 1. The molecule has 1 saturated heterocycles. The first kappa shape index (κ1) is 14.0. The summed E-state index contributed by atoms with van der Waals surface area (Å²) in [5.41, 5.74) is -0.124. The second-order valence-corrected chi connectivity index (χ2v) is 6.49. The SMILES string of the molecule is O=C(Cc1c(F)ccc(Br)c1F)C1CCCCS1. The van der Waals surface area contributed by atoms with Crippen LogP contribution in [0.15, 0.2) is 16.6 Å². The summed E-state index contributed by atoms with van der Waals surface area (Å²) in [5, 5.41) is -0.100. The second-order valence-electron chi connectivity index (χ2n) is 4.32. The maximum atomic E-state index is 13.7. The van der Waals surface area contributed by atoms with Crippen molar-refractivity contribution in [3.63, 3.8) is 0 Å². The number of carbonyl (C=O) groups excluding carboxylic acids is 1. The number of halogens is 3. The van der Waals surface area contributed by atoms with Gasteiger partial charge in [0.1, 0.15) is 17.4 Å². The second kappa shape index (κ2) is 6.15. The van der Waals surface area contributed by atoms with Gasteiger partial charge in [-0.1, -0.05) is 6.42 Å². The first-order chi connectivity index (χ1) is 8.59. The van der Waals surface area contributed by atoms with Gasteiger partial charge < -0.3 is 0 Å². The fraction of sp³-hybridized carbons (Fsp3) is 0.462. The fourth-order valence-corrected chi connectivity index (χ4v) is 3.64. The molecule has 1 aliphatic heterocycles. The summed E-state index contributed by atoms with van der Waals surface area (Å²) in [6.45, 7) is 0. The molecule has 1 fully saturated rings. The van der Waals surface area contributed by atoms with Gasteiger partial charge in [0.2, 0.25) is 0 Å². The van der Waals surface area contributed by atoms with E-state index in [0.29, 0.717) is 0 Å². The van der Waals surface area contributed by atoms with Crippen LogP contribution >= 0.6 is 27.7 Å². The summed E-state index contributed by atoms with van der Waals surface area (Å²) < 4.78 is 27.5. The van der Waals surface area contributed by atoms with Crippen LogP contribution in [0.2, 0.25) is 0 Å². The van der Waals surface area contributed by atoms with Gasteiger partial charge in [0, 0.05) is 12.0 Å². The minimum Gasteiger partial charge on any atom is -0.298 e. The quantitative estimate of drug-likeness (QED) is 0.773. The van der Waals surface area contributed by atoms with Crippen LogP contribution in [0.1, 0.15) is 24.8 Å². The topological polar surface area (TPSA) is 17.1 Å². The Morgan fingerprint density at radius 2 is 2.17 bits per heavy atom. The molecule has 98 valence electrons. The number of ketones is 1. The Hall–Kier alpha value is -0.420. The van der Waals surface area contributed by atoms with E-state index in [0.717, 1.165) is 25.0 Å². The molecule has 2 rings (SSSR count). The lowest BCUT2D eigenvalue weighted by Crippen LogP contribution is -2.23. The lowest BCUT2D eigenvalue weighted by molar-refractivity contribution is -0.118. The molecule has 1 heterocycles. The Morgan fingerprint density at radius 3 is 2.83 bits per heavy atom. The molecule has 0 amide bonds. The molecule has 0 N–H and O–H groups in total. The molecule has 0 spiro atoms. The van der Waals surface area contributed by atoms with E-state index < -0.39 is 11.6 Å². The zero-order valence-corrected chi connectivity index (χ0v) is 12.1. The Bertz CT molecular complexity index is 459. The van der Waals surface area contributed by atoms with Crippen molar-refractivity contribution in [3.8, 4) is 0 Å². The highest BCUT2D eigenvalue weighted by Crippen LogP contribution is 2.28. The Kier molecular flexibility index (Phi) is 4.78. The smallest absolute Gasteiger partial charge is 0.150 e. The van der Waals surface area contributed by atoms with E-state index in [1.807, 2.05) is 0 Å². The molecule has 0 bridgehead atoms. The molecule has 1 aliphatic rings. The van der Waals surface area contributed by atoms with Gasteiger partial charge in [-0.2, -0.15) is 11.8 Å². The van der Waals surface area contributed by atoms with E-state index >= 15 is 0 Å². The van der Waals surface area contributed by atoms with Crippen LogP contribution in [-0.2, 0) is 11.2 Å². The number of Topliss-reactive ketones (excluding diaryl/α,β-unsaturated/α-hetero) is 1. The number of benzene rings is 1. The number of hydrogen-bond donors (Lipinski definition) is 0. The van der Waals surface area contributed by atoms with Gasteiger partial charge in [-0.3, -0.25) is 4.79 Å². The highest BCUT2D eigenvalue weighted by molar-refractivity contribution is 9.10. The minimum absolute atomic E-state index is 0.0735. The molecule has 5 heteroatoms. The minimum atomic E-state index is -0.663. The summed E-state index contributed by atoms with van der Waals surface area (Å²) in [6.07, 6.45) is 2.80. The van der Waals surface area contributed by atoms with Gasteiger partial charge >= 0.3 is 0 Å². The Morgan fingerprint density at radius 1 is 1.39 bits per heavy atom. The Balaban J connectivity index is 2.13. The third-order valence-electron chi connectivity index (χ3n) is 3.03. The molecular formula is C13H13BrF2OS. The van der Waals surface area contributed by atoms with Crippen molar-refractivity contribution in [1.29, 1.82) is 0 Å². The van der Waals surface area contributed by atoms with Crippen LogP contribution in [0.5, 0.6) is 0 Å². The van der Waals surface area contributed by atoms with Crippen LogP contribution in [0, 0.1) is 11.6 Å². The number of rotatable bonds is 3. The lowest BCUT2D eigenvalue weighted by Gasteiger charge is -2.20.